The van der Waals surface area contributed by atoms with E-state index in [1.807, 2.05) is 67.7 Å². The molecule has 0 saturated carbocycles. The molecule has 5 rings (SSSR count). The number of hydrogen-bond donors (Lipinski definition) is 1. The van der Waals surface area contributed by atoms with E-state index < -0.39 is 11.5 Å². The third-order valence-electron chi connectivity index (χ3n) is 10.4. The molecule has 5 nitrogen and oxygen atoms in total. The van der Waals surface area contributed by atoms with Crippen LogP contribution in [0.4, 0.5) is 0 Å². The van der Waals surface area contributed by atoms with E-state index in [0.29, 0.717) is 25.3 Å². The molecule has 1 amide bonds. The van der Waals surface area contributed by atoms with Crippen LogP contribution in [0, 0.1) is 0 Å². The van der Waals surface area contributed by atoms with Crippen LogP contribution in [-0.2, 0) is 10.4 Å². The van der Waals surface area contributed by atoms with Crippen molar-refractivity contribution in [1.29, 1.82) is 0 Å². The molecule has 0 aliphatic carbocycles. The van der Waals surface area contributed by atoms with Crippen LogP contribution in [0.5, 0.6) is 5.88 Å². The van der Waals surface area contributed by atoms with Crippen molar-refractivity contribution in [2.75, 3.05) is 20.7 Å². The summed E-state index contributed by atoms with van der Waals surface area (Å²) >= 11 is 3.63. The van der Waals surface area contributed by atoms with Crippen LogP contribution < -0.4 is 4.74 Å². The topological polar surface area (TPSA) is 62.7 Å². The highest BCUT2D eigenvalue weighted by molar-refractivity contribution is 9.10. The molecule has 5 aromatic rings. The molecule has 0 unspecified atom stereocenters. The second kappa shape index (κ2) is 19.2. The van der Waals surface area contributed by atoms with E-state index >= 15 is 0 Å². The van der Waals surface area contributed by atoms with E-state index in [-0.39, 0.29) is 5.91 Å². The smallest absolute Gasteiger partial charge is 0.222 e. The highest BCUT2D eigenvalue weighted by Gasteiger charge is 2.43. The highest BCUT2D eigenvalue weighted by atomic mass is 79.9. The number of halogens is 1. The monoisotopic (exact) mass is 750 g/mol. The van der Waals surface area contributed by atoms with E-state index in [2.05, 4.69) is 59.3 Å². The number of fused-ring (bicyclic) bond motifs is 2. The summed E-state index contributed by atoms with van der Waals surface area (Å²) in [6.07, 6.45) is 14.6. The van der Waals surface area contributed by atoms with Gasteiger partial charge in [0, 0.05) is 41.4 Å². The number of hydrogen-bond acceptors (Lipinski definition) is 4. The number of unbranched alkanes of at least 4 members (excludes halogenated alkanes) is 10. The fraction of sp³-hybridized carbons (Fsp3) is 0.422. The fourth-order valence-corrected chi connectivity index (χ4v) is 7.88. The van der Waals surface area contributed by atoms with Crippen LogP contribution >= 0.6 is 15.9 Å². The second-order valence-corrected chi connectivity index (χ2v) is 15.0. The Kier molecular flexibility index (Phi) is 14.5. The summed E-state index contributed by atoms with van der Waals surface area (Å²) in [5.74, 6) is 0.0426. The summed E-state index contributed by atoms with van der Waals surface area (Å²) < 4.78 is 6.93. The van der Waals surface area contributed by atoms with Gasteiger partial charge in [-0.15, -0.1) is 0 Å². The molecule has 4 aromatic carbocycles. The second-order valence-electron chi connectivity index (χ2n) is 14.1. The zero-order valence-electron chi connectivity index (χ0n) is 30.8. The Labute approximate surface area is 313 Å². The van der Waals surface area contributed by atoms with Crippen LogP contribution in [0.3, 0.4) is 0 Å². The number of carbonyl (C=O) groups excluding carboxylic acids is 1. The third-order valence-corrected chi connectivity index (χ3v) is 10.9. The molecule has 0 radical (unpaired) electrons. The van der Waals surface area contributed by atoms with Gasteiger partial charge in [0.25, 0.3) is 0 Å². The Morgan fingerprint density at radius 2 is 1.45 bits per heavy atom. The number of rotatable bonds is 20. The maximum atomic E-state index is 13.5. The Balaban J connectivity index is 1.40. The Morgan fingerprint density at radius 3 is 2.16 bits per heavy atom. The molecule has 2 atom stereocenters. The zero-order chi connectivity index (χ0) is 36.1. The van der Waals surface area contributed by atoms with Crippen molar-refractivity contribution in [3.63, 3.8) is 0 Å². The van der Waals surface area contributed by atoms with Gasteiger partial charge in [-0.1, -0.05) is 160 Å². The average Bonchev–Trinajstić information content (AvgIpc) is 3.15. The third kappa shape index (κ3) is 9.99. The van der Waals surface area contributed by atoms with Crippen molar-refractivity contribution in [2.45, 2.75) is 102 Å². The van der Waals surface area contributed by atoms with E-state index in [1.54, 1.807) is 12.0 Å². The number of carbonyl (C=O) groups is 1. The number of benzene rings is 4. The van der Waals surface area contributed by atoms with Crippen molar-refractivity contribution in [3.8, 4) is 5.88 Å². The van der Waals surface area contributed by atoms with Crippen LogP contribution in [0.1, 0.15) is 113 Å². The lowest BCUT2D eigenvalue weighted by atomic mass is 9.70. The van der Waals surface area contributed by atoms with Gasteiger partial charge in [-0.2, -0.15) is 0 Å². The molecule has 51 heavy (non-hydrogen) atoms. The molecule has 1 heterocycles. The van der Waals surface area contributed by atoms with Crippen LogP contribution in [0.25, 0.3) is 21.7 Å². The molecule has 1 N–H and O–H groups in total. The van der Waals surface area contributed by atoms with Crippen molar-refractivity contribution in [1.82, 2.24) is 9.88 Å². The van der Waals surface area contributed by atoms with Gasteiger partial charge in [0.15, 0.2) is 0 Å². The Morgan fingerprint density at radius 1 is 0.804 bits per heavy atom. The summed E-state index contributed by atoms with van der Waals surface area (Å²) in [6.45, 7) is 2.66. The minimum atomic E-state index is -1.43. The first-order valence-electron chi connectivity index (χ1n) is 19.0. The lowest BCUT2D eigenvalue weighted by Crippen LogP contribution is -2.39. The predicted octanol–water partition coefficient (Wildman–Crippen LogP) is 11.7. The summed E-state index contributed by atoms with van der Waals surface area (Å²) in [4.78, 5) is 20.2. The normalized spacial score (nSPS) is 13.3. The van der Waals surface area contributed by atoms with Crippen LogP contribution in [0.15, 0.2) is 102 Å². The van der Waals surface area contributed by atoms with Crippen LogP contribution in [-0.4, -0.2) is 41.6 Å². The van der Waals surface area contributed by atoms with Gasteiger partial charge in [-0.25, -0.2) is 4.98 Å². The molecule has 0 fully saturated rings. The van der Waals surface area contributed by atoms with E-state index in [4.69, 9.17) is 9.72 Å². The van der Waals surface area contributed by atoms with Gasteiger partial charge in [0.2, 0.25) is 11.8 Å². The molecule has 270 valence electrons. The van der Waals surface area contributed by atoms with Gasteiger partial charge in [0.05, 0.1) is 12.6 Å². The van der Waals surface area contributed by atoms with Crippen molar-refractivity contribution >= 4 is 43.5 Å². The quantitative estimate of drug-likeness (QED) is 0.0805. The zero-order valence-corrected chi connectivity index (χ0v) is 32.3. The van der Waals surface area contributed by atoms with Crippen molar-refractivity contribution in [3.05, 3.63) is 118 Å². The molecule has 6 heteroatoms. The maximum absolute atomic E-state index is 13.5. The highest BCUT2D eigenvalue weighted by Crippen LogP contribution is 2.49. The number of aliphatic hydroxyl groups is 1. The number of amides is 1. The Hall–Kier alpha value is -3.74. The SMILES string of the molecule is CCCCCCCCCCCCCC(=O)N(C)CC[C@@](O)(c1cccc2ccccc12)[C@H](c1ccccc1)c1cc2cc(Br)ccc2nc1OC. The summed E-state index contributed by atoms with van der Waals surface area (Å²) in [5.41, 5.74) is 1.93. The summed E-state index contributed by atoms with van der Waals surface area (Å²) in [7, 11) is 3.51. The molecule has 1 aromatic heterocycles. The van der Waals surface area contributed by atoms with Gasteiger partial charge in [-0.3, -0.25) is 4.79 Å². The number of aromatic nitrogens is 1. The molecule has 0 aliphatic rings. The van der Waals surface area contributed by atoms with Gasteiger partial charge in [0.1, 0.15) is 5.60 Å². The molecular formula is C45H55BrN2O3. The minimum Gasteiger partial charge on any atom is -0.481 e. The fourth-order valence-electron chi connectivity index (χ4n) is 7.51. The maximum Gasteiger partial charge on any atom is 0.222 e. The summed E-state index contributed by atoms with van der Waals surface area (Å²) in [5, 5.41) is 16.4. The van der Waals surface area contributed by atoms with Crippen molar-refractivity contribution < 1.29 is 14.6 Å². The van der Waals surface area contributed by atoms with E-state index in [1.165, 1.54) is 57.8 Å². The standard InChI is InChI=1S/C45H55BrN2O3/c1-4-5-6-7-8-9-10-11-12-13-17-27-42(49)48(2)31-30-45(50,40-26-20-24-34-21-18-19-25-38(34)40)43(35-22-15-14-16-23-35)39-33-36-32-37(46)28-29-41(36)47-44(39)51-3/h14-16,18-26,28-29,32-33,43,50H,4-13,17,27,30-31H2,1-3H3/t43-,45-/m1/s1. The molecule has 0 saturated heterocycles. The molecular weight excluding hydrogens is 696 g/mol. The van der Waals surface area contributed by atoms with E-state index in [0.717, 1.165) is 55.7 Å². The minimum absolute atomic E-state index is 0.122. The number of pyridine rings is 1. The number of methoxy groups -OCH3 is 1. The number of ether oxygens (including phenoxy) is 1. The van der Waals surface area contributed by atoms with Gasteiger partial charge < -0.3 is 14.7 Å². The average molecular weight is 752 g/mol. The van der Waals surface area contributed by atoms with Gasteiger partial charge in [-0.05, 0) is 59.0 Å². The Bertz CT molecular complexity index is 1840. The lowest BCUT2D eigenvalue weighted by molar-refractivity contribution is -0.130. The van der Waals surface area contributed by atoms with Crippen LogP contribution in [0.2, 0.25) is 0 Å². The first-order chi connectivity index (χ1) is 24.9. The molecule has 0 spiro atoms. The largest absolute Gasteiger partial charge is 0.481 e. The predicted molar refractivity (Wildman–Crippen MR) is 215 cm³/mol. The molecule has 0 bridgehead atoms. The first kappa shape index (κ1) is 38.5. The summed E-state index contributed by atoms with van der Waals surface area (Å²) in [6, 6.07) is 32.5. The van der Waals surface area contributed by atoms with E-state index in [9.17, 15) is 9.90 Å². The first-order valence-corrected chi connectivity index (χ1v) is 19.8. The lowest BCUT2D eigenvalue weighted by Gasteiger charge is -2.39. The molecule has 0 aliphatic heterocycles. The number of nitrogens with zero attached hydrogens (tertiary/aromatic N) is 2. The van der Waals surface area contributed by atoms with Crippen molar-refractivity contribution in [2.24, 2.45) is 0 Å². The van der Waals surface area contributed by atoms with Gasteiger partial charge >= 0.3 is 0 Å².